The second-order valence-electron chi connectivity index (χ2n) is 7.26. The van der Waals surface area contributed by atoms with E-state index in [-0.39, 0.29) is 0 Å². The SMILES string of the molecule is COc1ccccc1CCN1CCCC(CN(C)C(=O)CCC(F)(F)F)C1. The first-order valence-corrected chi connectivity index (χ1v) is 9.43. The van der Waals surface area contributed by atoms with E-state index in [4.69, 9.17) is 4.74 Å². The summed E-state index contributed by atoms with van der Waals surface area (Å²) < 4.78 is 42.2. The monoisotopic (exact) mass is 386 g/mol. The third-order valence-electron chi connectivity index (χ3n) is 5.07. The van der Waals surface area contributed by atoms with Gasteiger partial charge in [-0.25, -0.2) is 0 Å². The molecule has 1 atom stereocenters. The number of para-hydroxylation sites is 1. The minimum Gasteiger partial charge on any atom is -0.496 e. The summed E-state index contributed by atoms with van der Waals surface area (Å²) >= 11 is 0. The predicted octanol–water partition coefficient (Wildman–Crippen LogP) is 3.75. The van der Waals surface area contributed by atoms with E-state index in [9.17, 15) is 18.0 Å². The highest BCUT2D eigenvalue weighted by Gasteiger charge is 2.29. The molecule has 0 N–H and O–H groups in total. The third kappa shape index (κ3) is 7.40. The van der Waals surface area contributed by atoms with E-state index >= 15 is 0 Å². The maximum atomic E-state index is 12.3. The van der Waals surface area contributed by atoms with Gasteiger partial charge in [0.15, 0.2) is 0 Å². The number of hydrogen-bond donors (Lipinski definition) is 0. The van der Waals surface area contributed by atoms with E-state index in [1.165, 1.54) is 10.5 Å². The van der Waals surface area contributed by atoms with Crippen LogP contribution < -0.4 is 4.74 Å². The molecule has 0 bridgehead atoms. The standard InChI is InChI=1S/C20H29F3N2O2/c1-24(19(26)9-11-20(21,22)23)14-16-6-5-12-25(15-16)13-10-17-7-3-4-8-18(17)27-2/h3-4,7-8,16H,5-6,9-15H2,1-2H3. The molecule has 152 valence electrons. The molecular formula is C20H29F3N2O2. The minimum atomic E-state index is -4.28. The normalized spacial score (nSPS) is 18.3. The second-order valence-corrected chi connectivity index (χ2v) is 7.26. The number of amides is 1. The molecule has 1 aliphatic heterocycles. The van der Waals surface area contributed by atoms with Crippen LogP contribution in [0.3, 0.4) is 0 Å². The summed E-state index contributed by atoms with van der Waals surface area (Å²) in [6, 6.07) is 7.96. The summed E-state index contributed by atoms with van der Waals surface area (Å²) in [4.78, 5) is 15.8. The Morgan fingerprint density at radius 2 is 2.07 bits per heavy atom. The molecule has 0 spiro atoms. The zero-order valence-corrected chi connectivity index (χ0v) is 16.1. The van der Waals surface area contributed by atoms with Crippen molar-refractivity contribution < 1.29 is 22.7 Å². The topological polar surface area (TPSA) is 32.8 Å². The number of benzene rings is 1. The van der Waals surface area contributed by atoms with E-state index in [2.05, 4.69) is 11.0 Å². The maximum absolute atomic E-state index is 12.3. The van der Waals surface area contributed by atoms with Gasteiger partial charge in [-0.1, -0.05) is 18.2 Å². The molecule has 4 nitrogen and oxygen atoms in total. The number of likely N-dealkylation sites (tertiary alicyclic amines) is 1. The number of rotatable bonds is 8. The number of ether oxygens (including phenoxy) is 1. The zero-order chi connectivity index (χ0) is 19.9. The van der Waals surface area contributed by atoms with Crippen molar-refractivity contribution in [1.82, 2.24) is 9.80 Å². The van der Waals surface area contributed by atoms with Crippen LogP contribution in [0.1, 0.15) is 31.2 Å². The summed E-state index contributed by atoms with van der Waals surface area (Å²) in [6.07, 6.45) is -2.87. The van der Waals surface area contributed by atoms with Crippen molar-refractivity contribution in [3.05, 3.63) is 29.8 Å². The van der Waals surface area contributed by atoms with Crippen molar-refractivity contribution in [2.24, 2.45) is 5.92 Å². The molecule has 1 heterocycles. The number of carbonyl (C=O) groups is 1. The Balaban J connectivity index is 1.78. The third-order valence-corrected chi connectivity index (χ3v) is 5.07. The molecule has 1 aliphatic rings. The zero-order valence-electron chi connectivity index (χ0n) is 16.1. The van der Waals surface area contributed by atoms with Crippen LogP contribution in [-0.2, 0) is 11.2 Å². The van der Waals surface area contributed by atoms with Crippen LogP contribution in [0.15, 0.2) is 24.3 Å². The highest BCUT2D eigenvalue weighted by molar-refractivity contribution is 5.75. The first-order valence-electron chi connectivity index (χ1n) is 9.43. The van der Waals surface area contributed by atoms with E-state index in [0.29, 0.717) is 12.5 Å². The first kappa shape index (κ1) is 21.5. The molecule has 1 unspecified atom stereocenters. The summed E-state index contributed by atoms with van der Waals surface area (Å²) in [5, 5.41) is 0. The van der Waals surface area contributed by atoms with E-state index < -0.39 is 24.9 Å². The van der Waals surface area contributed by atoms with Gasteiger partial charge in [-0.3, -0.25) is 4.79 Å². The highest BCUT2D eigenvalue weighted by atomic mass is 19.4. The molecule has 27 heavy (non-hydrogen) atoms. The smallest absolute Gasteiger partial charge is 0.389 e. The Kier molecular flexibility index (Phi) is 7.95. The van der Waals surface area contributed by atoms with Crippen molar-refractivity contribution in [3.8, 4) is 5.75 Å². The van der Waals surface area contributed by atoms with Crippen LogP contribution in [0.4, 0.5) is 13.2 Å². The van der Waals surface area contributed by atoms with Gasteiger partial charge in [-0.15, -0.1) is 0 Å². The van der Waals surface area contributed by atoms with Gasteiger partial charge in [0, 0.05) is 33.1 Å². The molecule has 1 fully saturated rings. The number of halogens is 3. The van der Waals surface area contributed by atoms with Crippen molar-refractivity contribution in [1.29, 1.82) is 0 Å². The Morgan fingerprint density at radius 3 is 2.78 bits per heavy atom. The largest absolute Gasteiger partial charge is 0.496 e. The van der Waals surface area contributed by atoms with Gasteiger partial charge in [-0.05, 0) is 43.4 Å². The van der Waals surface area contributed by atoms with Crippen LogP contribution in [0.5, 0.6) is 5.75 Å². The number of hydrogen-bond acceptors (Lipinski definition) is 3. The molecule has 1 amide bonds. The van der Waals surface area contributed by atoms with E-state index in [1.54, 1.807) is 14.2 Å². The molecular weight excluding hydrogens is 357 g/mol. The quantitative estimate of drug-likeness (QED) is 0.682. The lowest BCUT2D eigenvalue weighted by Crippen LogP contribution is -2.42. The van der Waals surface area contributed by atoms with Gasteiger partial charge < -0.3 is 14.5 Å². The average molecular weight is 386 g/mol. The summed E-state index contributed by atoms with van der Waals surface area (Å²) in [7, 11) is 3.27. The maximum Gasteiger partial charge on any atom is 0.389 e. The fourth-order valence-electron chi connectivity index (χ4n) is 3.62. The Bertz CT molecular complexity index is 607. The van der Waals surface area contributed by atoms with Gasteiger partial charge >= 0.3 is 6.18 Å². The van der Waals surface area contributed by atoms with Crippen LogP contribution in [0.2, 0.25) is 0 Å². The second kappa shape index (κ2) is 9.97. The predicted molar refractivity (Wildman–Crippen MR) is 98.8 cm³/mol. The van der Waals surface area contributed by atoms with E-state index in [0.717, 1.165) is 44.6 Å². The molecule has 0 aromatic heterocycles. The average Bonchev–Trinajstić information content (AvgIpc) is 2.64. The minimum absolute atomic E-state index is 0.302. The number of carbonyl (C=O) groups excluding carboxylic acids is 1. The highest BCUT2D eigenvalue weighted by Crippen LogP contribution is 2.23. The van der Waals surface area contributed by atoms with Gasteiger partial charge in [0.2, 0.25) is 5.91 Å². The lowest BCUT2D eigenvalue weighted by Gasteiger charge is -2.35. The molecule has 0 saturated carbocycles. The van der Waals surface area contributed by atoms with E-state index in [1.807, 2.05) is 18.2 Å². The van der Waals surface area contributed by atoms with Gasteiger partial charge in [-0.2, -0.15) is 13.2 Å². The summed E-state index contributed by atoms with van der Waals surface area (Å²) in [6.45, 7) is 3.30. The Hall–Kier alpha value is -1.76. The fourth-order valence-corrected chi connectivity index (χ4v) is 3.62. The van der Waals surface area contributed by atoms with Crippen LogP contribution in [-0.4, -0.2) is 62.2 Å². The summed E-state index contributed by atoms with van der Waals surface area (Å²) in [5.41, 5.74) is 1.17. The van der Waals surface area contributed by atoms with Crippen molar-refractivity contribution in [2.75, 3.05) is 40.3 Å². The van der Waals surface area contributed by atoms with Crippen LogP contribution in [0.25, 0.3) is 0 Å². The Morgan fingerprint density at radius 1 is 1.33 bits per heavy atom. The molecule has 1 saturated heterocycles. The molecule has 1 aromatic rings. The fraction of sp³-hybridized carbons (Fsp3) is 0.650. The van der Waals surface area contributed by atoms with Gasteiger partial charge in [0.25, 0.3) is 0 Å². The number of alkyl halides is 3. The van der Waals surface area contributed by atoms with Crippen LogP contribution in [0, 0.1) is 5.92 Å². The van der Waals surface area contributed by atoms with Gasteiger partial charge in [0.1, 0.15) is 5.75 Å². The number of nitrogens with zero attached hydrogens (tertiary/aromatic N) is 2. The van der Waals surface area contributed by atoms with Crippen molar-refractivity contribution in [3.63, 3.8) is 0 Å². The molecule has 2 rings (SSSR count). The first-order chi connectivity index (χ1) is 12.8. The lowest BCUT2D eigenvalue weighted by molar-refractivity contribution is -0.148. The number of piperidine rings is 1. The molecule has 0 radical (unpaired) electrons. The summed E-state index contributed by atoms with van der Waals surface area (Å²) in [5.74, 6) is 0.760. The molecule has 7 heteroatoms. The van der Waals surface area contributed by atoms with Crippen LogP contribution >= 0.6 is 0 Å². The molecule has 0 aliphatic carbocycles. The molecule has 1 aromatic carbocycles. The number of methoxy groups -OCH3 is 1. The Labute approximate surface area is 159 Å². The van der Waals surface area contributed by atoms with Gasteiger partial charge in [0.05, 0.1) is 13.5 Å². The lowest BCUT2D eigenvalue weighted by atomic mass is 9.97. The van der Waals surface area contributed by atoms with Crippen molar-refractivity contribution >= 4 is 5.91 Å². The van der Waals surface area contributed by atoms with Crippen molar-refractivity contribution in [2.45, 2.75) is 38.3 Å².